The van der Waals surface area contributed by atoms with Crippen molar-refractivity contribution in [2.24, 2.45) is 17.8 Å². The number of sulfonamides is 1. The van der Waals surface area contributed by atoms with Gasteiger partial charge >= 0.3 is 5.97 Å². The number of carbonyl (C=O) groups is 2. The number of nitrogens with one attached hydrogen (secondary N) is 1. The van der Waals surface area contributed by atoms with Gasteiger partial charge in [-0.25, -0.2) is 8.42 Å². The second-order valence-electron chi connectivity index (χ2n) is 9.13. The standard InChI is InChI=1S/C24H36N2O6S/c1-4-31-20-8-10-21(11-9-20)33(29,30)26-14-12-19(13-15-26)24(28)32-16-23(27)25-22-7-5-6-17(2)18(22)3/h8-11,17-19,22H,4-7,12-16H2,1-3H3,(H,25,27). The maximum atomic E-state index is 12.9. The van der Waals surface area contributed by atoms with Crippen LogP contribution in [-0.4, -0.2) is 56.9 Å². The summed E-state index contributed by atoms with van der Waals surface area (Å²) < 4.78 is 37.8. The highest BCUT2D eigenvalue weighted by molar-refractivity contribution is 7.89. The lowest BCUT2D eigenvalue weighted by atomic mass is 9.78. The Morgan fingerprint density at radius 3 is 2.36 bits per heavy atom. The van der Waals surface area contributed by atoms with Crippen molar-refractivity contribution in [3.63, 3.8) is 0 Å². The topological polar surface area (TPSA) is 102 Å². The largest absolute Gasteiger partial charge is 0.494 e. The van der Waals surface area contributed by atoms with Crippen LogP contribution in [0.2, 0.25) is 0 Å². The lowest BCUT2D eigenvalue weighted by Gasteiger charge is -2.34. The van der Waals surface area contributed by atoms with E-state index in [4.69, 9.17) is 9.47 Å². The van der Waals surface area contributed by atoms with Crippen molar-refractivity contribution in [2.45, 2.75) is 63.8 Å². The van der Waals surface area contributed by atoms with Gasteiger partial charge in [0.1, 0.15) is 5.75 Å². The molecule has 1 aliphatic heterocycles. The molecule has 1 aliphatic carbocycles. The molecular formula is C24H36N2O6S. The van der Waals surface area contributed by atoms with Crippen molar-refractivity contribution in [3.05, 3.63) is 24.3 Å². The van der Waals surface area contributed by atoms with E-state index in [-0.39, 0.29) is 36.5 Å². The normalized spacial score (nSPS) is 24.8. The van der Waals surface area contributed by atoms with Crippen molar-refractivity contribution in [3.8, 4) is 5.75 Å². The Labute approximate surface area is 197 Å². The van der Waals surface area contributed by atoms with Crippen molar-refractivity contribution in [2.75, 3.05) is 26.3 Å². The van der Waals surface area contributed by atoms with Gasteiger partial charge < -0.3 is 14.8 Å². The fraction of sp³-hybridized carbons (Fsp3) is 0.667. The number of nitrogens with zero attached hydrogens (tertiary/aromatic N) is 1. The third-order valence-corrected chi connectivity index (χ3v) is 8.87. The molecule has 0 bridgehead atoms. The number of ether oxygens (including phenoxy) is 2. The van der Waals surface area contributed by atoms with Crippen LogP contribution >= 0.6 is 0 Å². The number of rotatable bonds is 8. The maximum absolute atomic E-state index is 12.9. The summed E-state index contributed by atoms with van der Waals surface area (Å²) in [6.07, 6.45) is 3.96. The molecule has 2 aliphatic rings. The number of hydrogen-bond donors (Lipinski definition) is 1. The minimum absolute atomic E-state index is 0.121. The van der Waals surface area contributed by atoms with Gasteiger partial charge in [-0.15, -0.1) is 0 Å². The summed E-state index contributed by atoms with van der Waals surface area (Å²) >= 11 is 0. The molecule has 1 saturated carbocycles. The lowest BCUT2D eigenvalue weighted by Crippen LogP contribution is -2.45. The molecule has 3 unspecified atom stereocenters. The van der Waals surface area contributed by atoms with Crippen LogP contribution in [0, 0.1) is 17.8 Å². The van der Waals surface area contributed by atoms with Crippen molar-refractivity contribution >= 4 is 21.9 Å². The maximum Gasteiger partial charge on any atom is 0.309 e. The summed E-state index contributed by atoms with van der Waals surface area (Å²) in [5, 5.41) is 3.00. The lowest BCUT2D eigenvalue weighted by molar-refractivity contribution is -0.154. The van der Waals surface area contributed by atoms with Crippen LogP contribution in [0.5, 0.6) is 5.75 Å². The molecule has 1 amide bonds. The first-order chi connectivity index (χ1) is 15.7. The Morgan fingerprint density at radius 2 is 1.73 bits per heavy atom. The first-order valence-corrected chi connectivity index (χ1v) is 13.4. The number of piperidine rings is 1. The molecule has 0 radical (unpaired) electrons. The van der Waals surface area contributed by atoms with Gasteiger partial charge in [0.25, 0.3) is 5.91 Å². The summed E-state index contributed by atoms with van der Waals surface area (Å²) in [5.74, 6) is 0.474. The minimum atomic E-state index is -3.63. The first kappa shape index (κ1) is 25.5. The zero-order valence-electron chi connectivity index (χ0n) is 19.8. The molecule has 0 aromatic heterocycles. The fourth-order valence-corrected chi connectivity index (χ4v) is 6.11. The van der Waals surface area contributed by atoms with E-state index in [2.05, 4.69) is 19.2 Å². The van der Waals surface area contributed by atoms with Crippen LogP contribution in [0.4, 0.5) is 0 Å². The highest BCUT2D eigenvalue weighted by atomic mass is 32.2. The van der Waals surface area contributed by atoms with Crippen LogP contribution in [0.3, 0.4) is 0 Å². The number of amides is 1. The summed E-state index contributed by atoms with van der Waals surface area (Å²) in [6, 6.07) is 6.47. The molecule has 184 valence electrons. The van der Waals surface area contributed by atoms with E-state index in [0.717, 1.165) is 12.8 Å². The molecule has 1 heterocycles. The van der Waals surface area contributed by atoms with Gasteiger partial charge in [0.05, 0.1) is 17.4 Å². The van der Waals surface area contributed by atoms with Gasteiger partial charge in [0.2, 0.25) is 10.0 Å². The molecule has 1 saturated heterocycles. The monoisotopic (exact) mass is 480 g/mol. The number of hydrogen-bond acceptors (Lipinski definition) is 6. The van der Waals surface area contributed by atoms with Gasteiger partial charge in [-0.3, -0.25) is 9.59 Å². The molecule has 33 heavy (non-hydrogen) atoms. The second kappa shape index (κ2) is 11.3. The van der Waals surface area contributed by atoms with Crippen molar-refractivity contribution in [1.29, 1.82) is 0 Å². The number of esters is 1. The SMILES string of the molecule is CCOc1ccc(S(=O)(=O)N2CCC(C(=O)OCC(=O)NC3CCCC(C)C3C)CC2)cc1. The molecule has 1 aromatic carbocycles. The van der Waals surface area contributed by atoms with Crippen molar-refractivity contribution < 1.29 is 27.5 Å². The van der Waals surface area contributed by atoms with Crippen LogP contribution in [0.25, 0.3) is 0 Å². The average Bonchev–Trinajstić information content (AvgIpc) is 2.81. The van der Waals surface area contributed by atoms with E-state index in [1.165, 1.54) is 22.9 Å². The van der Waals surface area contributed by atoms with Crippen LogP contribution < -0.4 is 10.1 Å². The second-order valence-corrected chi connectivity index (χ2v) is 11.1. The van der Waals surface area contributed by atoms with E-state index in [1.54, 1.807) is 12.1 Å². The third kappa shape index (κ3) is 6.47. The van der Waals surface area contributed by atoms with Gasteiger partial charge in [-0.1, -0.05) is 26.7 Å². The zero-order valence-corrected chi connectivity index (χ0v) is 20.6. The number of carbonyl (C=O) groups excluding carboxylic acids is 2. The molecule has 9 heteroatoms. The van der Waals surface area contributed by atoms with Gasteiger partial charge in [0, 0.05) is 19.1 Å². The zero-order chi connectivity index (χ0) is 24.0. The summed E-state index contributed by atoms with van der Waals surface area (Å²) in [7, 11) is -3.63. The summed E-state index contributed by atoms with van der Waals surface area (Å²) in [4.78, 5) is 24.9. The molecular weight excluding hydrogens is 444 g/mol. The Kier molecular flexibility index (Phi) is 8.75. The molecule has 3 atom stereocenters. The smallest absolute Gasteiger partial charge is 0.309 e. The van der Waals surface area contributed by atoms with E-state index < -0.39 is 21.9 Å². The van der Waals surface area contributed by atoms with Crippen LogP contribution in [0.15, 0.2) is 29.2 Å². The van der Waals surface area contributed by atoms with Crippen LogP contribution in [-0.2, 0) is 24.3 Å². The van der Waals surface area contributed by atoms with E-state index in [9.17, 15) is 18.0 Å². The molecule has 2 fully saturated rings. The Bertz CT molecular complexity index is 909. The molecule has 1 N–H and O–H groups in total. The number of benzene rings is 1. The summed E-state index contributed by atoms with van der Waals surface area (Å²) in [5.41, 5.74) is 0. The minimum Gasteiger partial charge on any atom is -0.494 e. The molecule has 8 nitrogen and oxygen atoms in total. The average molecular weight is 481 g/mol. The van der Waals surface area contributed by atoms with Crippen molar-refractivity contribution in [1.82, 2.24) is 9.62 Å². The Morgan fingerprint density at radius 1 is 1.06 bits per heavy atom. The first-order valence-electron chi connectivity index (χ1n) is 11.9. The predicted octanol–water partition coefficient (Wildman–Crippen LogP) is 2.97. The van der Waals surface area contributed by atoms with Crippen LogP contribution in [0.1, 0.15) is 52.9 Å². The van der Waals surface area contributed by atoms with E-state index in [1.807, 2.05) is 6.92 Å². The fourth-order valence-electron chi connectivity index (χ4n) is 4.64. The van der Waals surface area contributed by atoms with Gasteiger partial charge in [0.15, 0.2) is 6.61 Å². The molecule has 0 spiro atoms. The summed E-state index contributed by atoms with van der Waals surface area (Å²) in [6.45, 7) is 6.90. The van der Waals surface area contributed by atoms with Gasteiger partial charge in [-0.05, 0) is 62.3 Å². The van der Waals surface area contributed by atoms with E-state index in [0.29, 0.717) is 37.0 Å². The van der Waals surface area contributed by atoms with Gasteiger partial charge in [-0.2, -0.15) is 4.31 Å². The Hall–Kier alpha value is -2.13. The van der Waals surface area contributed by atoms with E-state index >= 15 is 0 Å². The molecule has 3 rings (SSSR count). The quantitative estimate of drug-likeness (QED) is 0.574. The highest BCUT2D eigenvalue weighted by Gasteiger charge is 2.33. The third-order valence-electron chi connectivity index (χ3n) is 6.96. The predicted molar refractivity (Wildman–Crippen MR) is 124 cm³/mol. The molecule has 1 aromatic rings. The Balaban J connectivity index is 1.45. The highest BCUT2D eigenvalue weighted by Crippen LogP contribution is 2.29.